The van der Waals surface area contributed by atoms with Crippen molar-refractivity contribution < 1.29 is 14.3 Å². The lowest BCUT2D eigenvalue weighted by molar-refractivity contribution is -0.143. The molecule has 1 aliphatic rings. The molecule has 0 unspecified atom stereocenters. The highest BCUT2D eigenvalue weighted by Gasteiger charge is 2.12. The van der Waals surface area contributed by atoms with Crippen LogP contribution in [0.5, 0.6) is 0 Å². The van der Waals surface area contributed by atoms with Crippen LogP contribution in [-0.4, -0.2) is 18.4 Å². The molecule has 0 fully saturated rings. The Labute approximate surface area is 96.2 Å². The van der Waals surface area contributed by atoms with Crippen molar-refractivity contribution in [1.29, 1.82) is 0 Å². The molecule has 0 saturated heterocycles. The van der Waals surface area contributed by atoms with E-state index in [9.17, 15) is 9.59 Å². The van der Waals surface area contributed by atoms with Crippen LogP contribution in [0.2, 0.25) is 0 Å². The average molecular weight is 222 g/mol. The van der Waals surface area contributed by atoms with Crippen molar-refractivity contribution in [3.05, 3.63) is 23.8 Å². The van der Waals surface area contributed by atoms with Crippen LogP contribution in [0.1, 0.15) is 39.0 Å². The summed E-state index contributed by atoms with van der Waals surface area (Å²) in [5.74, 6) is 0.0957. The number of ketones is 1. The van der Waals surface area contributed by atoms with Crippen molar-refractivity contribution in [2.24, 2.45) is 0 Å². The van der Waals surface area contributed by atoms with Crippen molar-refractivity contribution in [3.63, 3.8) is 0 Å². The van der Waals surface area contributed by atoms with Gasteiger partial charge in [0.1, 0.15) is 0 Å². The van der Waals surface area contributed by atoms with Gasteiger partial charge in [0, 0.05) is 12.8 Å². The SMILES string of the molecule is CCOC(=O)CCC=CCC1=CCCC1=O. The Bertz CT molecular complexity index is 313. The maximum atomic E-state index is 11.3. The molecule has 0 radical (unpaired) electrons. The summed E-state index contributed by atoms with van der Waals surface area (Å²) in [6.07, 6.45) is 9.21. The van der Waals surface area contributed by atoms with Crippen LogP contribution < -0.4 is 0 Å². The molecule has 3 heteroatoms. The Morgan fingerprint density at radius 3 is 2.94 bits per heavy atom. The van der Waals surface area contributed by atoms with Crippen LogP contribution in [0.15, 0.2) is 23.8 Å². The first kappa shape index (κ1) is 12.7. The molecule has 0 N–H and O–H groups in total. The number of allylic oxidation sites excluding steroid dienone is 4. The second-order valence-electron chi connectivity index (χ2n) is 3.71. The van der Waals surface area contributed by atoms with Crippen LogP contribution in [-0.2, 0) is 14.3 Å². The van der Waals surface area contributed by atoms with E-state index < -0.39 is 0 Å². The predicted molar refractivity (Wildman–Crippen MR) is 61.9 cm³/mol. The third kappa shape index (κ3) is 4.43. The van der Waals surface area contributed by atoms with E-state index in [-0.39, 0.29) is 11.8 Å². The summed E-state index contributed by atoms with van der Waals surface area (Å²) in [7, 11) is 0. The van der Waals surface area contributed by atoms with Crippen LogP contribution in [0, 0.1) is 0 Å². The standard InChI is InChI=1S/C13H18O3/c1-2-16-13(15)10-5-3-4-7-11-8-6-9-12(11)14/h3-4,8H,2,5-7,9-10H2,1H3. The molecule has 3 nitrogen and oxygen atoms in total. The molecule has 1 aliphatic carbocycles. The Kier molecular flexibility index (Phi) is 5.54. The highest BCUT2D eigenvalue weighted by Crippen LogP contribution is 2.17. The molecule has 0 heterocycles. The molecule has 16 heavy (non-hydrogen) atoms. The van der Waals surface area contributed by atoms with Crippen molar-refractivity contribution in [3.8, 4) is 0 Å². The molecular weight excluding hydrogens is 204 g/mol. The zero-order valence-electron chi connectivity index (χ0n) is 9.70. The first-order chi connectivity index (χ1) is 7.74. The average Bonchev–Trinajstić information content (AvgIpc) is 2.64. The van der Waals surface area contributed by atoms with Gasteiger partial charge in [0.05, 0.1) is 6.61 Å². The van der Waals surface area contributed by atoms with Gasteiger partial charge in [-0.25, -0.2) is 0 Å². The van der Waals surface area contributed by atoms with E-state index in [4.69, 9.17) is 4.74 Å². The third-order valence-corrected chi connectivity index (χ3v) is 2.45. The Morgan fingerprint density at radius 1 is 1.50 bits per heavy atom. The van der Waals surface area contributed by atoms with Gasteiger partial charge < -0.3 is 4.74 Å². The van der Waals surface area contributed by atoms with Gasteiger partial charge in [-0.3, -0.25) is 9.59 Å². The summed E-state index contributed by atoms with van der Waals surface area (Å²) in [6, 6.07) is 0. The first-order valence-corrected chi connectivity index (χ1v) is 5.77. The highest BCUT2D eigenvalue weighted by molar-refractivity contribution is 5.97. The van der Waals surface area contributed by atoms with Crippen molar-refractivity contribution >= 4 is 11.8 Å². The molecule has 0 atom stereocenters. The molecule has 88 valence electrons. The van der Waals surface area contributed by atoms with Crippen molar-refractivity contribution in [1.82, 2.24) is 0 Å². The fourth-order valence-electron chi connectivity index (χ4n) is 1.61. The topological polar surface area (TPSA) is 43.4 Å². The van der Waals surface area contributed by atoms with Gasteiger partial charge in [-0.05, 0) is 31.8 Å². The van der Waals surface area contributed by atoms with Gasteiger partial charge >= 0.3 is 5.97 Å². The maximum Gasteiger partial charge on any atom is 0.306 e. The number of esters is 1. The van der Waals surface area contributed by atoms with E-state index in [1.807, 2.05) is 18.2 Å². The molecule has 0 aromatic rings. The van der Waals surface area contributed by atoms with Gasteiger partial charge in [0.15, 0.2) is 5.78 Å². The van der Waals surface area contributed by atoms with Gasteiger partial charge in [-0.1, -0.05) is 18.2 Å². The molecule has 0 amide bonds. The lowest BCUT2D eigenvalue weighted by Gasteiger charge is -1.98. The van der Waals surface area contributed by atoms with E-state index in [0.717, 1.165) is 12.0 Å². The van der Waals surface area contributed by atoms with Crippen LogP contribution >= 0.6 is 0 Å². The number of rotatable bonds is 6. The van der Waals surface area contributed by atoms with Crippen LogP contribution in [0.4, 0.5) is 0 Å². The summed E-state index contributed by atoms with van der Waals surface area (Å²) in [5, 5.41) is 0. The zero-order chi connectivity index (χ0) is 11.8. The Morgan fingerprint density at radius 2 is 2.31 bits per heavy atom. The number of carbonyl (C=O) groups excluding carboxylic acids is 2. The minimum absolute atomic E-state index is 0.164. The quantitative estimate of drug-likeness (QED) is 0.512. The molecule has 0 aromatic carbocycles. The summed E-state index contributed by atoms with van der Waals surface area (Å²) >= 11 is 0. The van der Waals surface area contributed by atoms with Gasteiger partial charge in [-0.15, -0.1) is 0 Å². The van der Waals surface area contributed by atoms with E-state index in [0.29, 0.717) is 32.3 Å². The fraction of sp³-hybridized carbons (Fsp3) is 0.538. The van der Waals surface area contributed by atoms with Crippen LogP contribution in [0.25, 0.3) is 0 Å². The lowest BCUT2D eigenvalue weighted by Crippen LogP contribution is -2.02. The number of Topliss-reactive ketones (excluding diaryl/α,β-unsaturated/α-hetero) is 1. The number of hydrogen-bond acceptors (Lipinski definition) is 3. The summed E-state index contributed by atoms with van der Waals surface area (Å²) in [5.41, 5.74) is 0.910. The molecule has 0 bridgehead atoms. The number of carbonyl (C=O) groups is 2. The molecular formula is C13H18O3. The minimum atomic E-state index is -0.164. The number of hydrogen-bond donors (Lipinski definition) is 0. The van der Waals surface area contributed by atoms with E-state index >= 15 is 0 Å². The Balaban J connectivity index is 2.13. The monoisotopic (exact) mass is 222 g/mol. The summed E-state index contributed by atoms with van der Waals surface area (Å²) < 4.78 is 4.80. The predicted octanol–water partition coefficient (Wildman–Crippen LogP) is 2.57. The molecule has 0 aliphatic heterocycles. The van der Waals surface area contributed by atoms with Crippen LogP contribution in [0.3, 0.4) is 0 Å². The second kappa shape index (κ2) is 6.99. The van der Waals surface area contributed by atoms with E-state index in [1.165, 1.54) is 0 Å². The molecule has 0 spiro atoms. The number of ether oxygens (including phenoxy) is 1. The van der Waals surface area contributed by atoms with Crippen molar-refractivity contribution in [2.45, 2.75) is 39.0 Å². The van der Waals surface area contributed by atoms with Gasteiger partial charge in [0.25, 0.3) is 0 Å². The largest absolute Gasteiger partial charge is 0.466 e. The normalized spacial score (nSPS) is 15.6. The van der Waals surface area contributed by atoms with E-state index in [2.05, 4.69) is 0 Å². The summed E-state index contributed by atoms with van der Waals surface area (Å²) in [4.78, 5) is 22.2. The third-order valence-electron chi connectivity index (χ3n) is 2.45. The summed E-state index contributed by atoms with van der Waals surface area (Å²) in [6.45, 7) is 2.23. The maximum absolute atomic E-state index is 11.3. The molecule has 1 rings (SSSR count). The highest BCUT2D eigenvalue weighted by atomic mass is 16.5. The lowest BCUT2D eigenvalue weighted by atomic mass is 10.1. The Hall–Kier alpha value is -1.38. The first-order valence-electron chi connectivity index (χ1n) is 5.77. The minimum Gasteiger partial charge on any atom is -0.466 e. The second-order valence-corrected chi connectivity index (χ2v) is 3.71. The fourth-order valence-corrected chi connectivity index (χ4v) is 1.61. The van der Waals surface area contributed by atoms with Crippen molar-refractivity contribution in [2.75, 3.05) is 6.61 Å². The van der Waals surface area contributed by atoms with Gasteiger partial charge in [0.2, 0.25) is 0 Å². The van der Waals surface area contributed by atoms with Gasteiger partial charge in [-0.2, -0.15) is 0 Å². The zero-order valence-corrected chi connectivity index (χ0v) is 9.70. The molecule has 0 saturated carbocycles. The van der Waals surface area contributed by atoms with E-state index in [1.54, 1.807) is 6.92 Å². The smallest absolute Gasteiger partial charge is 0.306 e. The molecule has 0 aromatic heterocycles.